The molecular formula is C14H24ClN3O3S2. The molecule has 1 heterocycles. The van der Waals surface area contributed by atoms with Crippen molar-refractivity contribution in [2.24, 2.45) is 5.73 Å². The van der Waals surface area contributed by atoms with Crippen LogP contribution in [-0.4, -0.2) is 37.4 Å². The number of nitrogens with two attached hydrogens (primary N) is 1. The molecule has 1 amide bonds. The van der Waals surface area contributed by atoms with E-state index in [9.17, 15) is 13.2 Å². The van der Waals surface area contributed by atoms with Gasteiger partial charge in [-0.15, -0.1) is 23.7 Å². The van der Waals surface area contributed by atoms with E-state index in [0.717, 1.165) is 37.6 Å². The molecule has 0 radical (unpaired) electrons. The molecule has 1 atom stereocenters. The van der Waals surface area contributed by atoms with Gasteiger partial charge in [-0.2, -0.15) is 0 Å². The summed E-state index contributed by atoms with van der Waals surface area (Å²) in [5, 5.41) is 3.30. The van der Waals surface area contributed by atoms with Gasteiger partial charge in [0.15, 0.2) is 5.13 Å². The fourth-order valence-electron chi connectivity index (χ4n) is 2.43. The van der Waals surface area contributed by atoms with Crippen molar-refractivity contribution in [1.82, 2.24) is 4.98 Å². The topological polar surface area (TPSA) is 102 Å². The minimum atomic E-state index is -3.11. The Bertz CT molecular complexity index is 606. The summed E-state index contributed by atoms with van der Waals surface area (Å²) in [7, 11) is -3.11. The summed E-state index contributed by atoms with van der Waals surface area (Å²) in [6, 6.07) is -0.832. The van der Waals surface area contributed by atoms with Gasteiger partial charge in [-0.3, -0.25) is 4.79 Å². The molecular weight excluding hydrogens is 358 g/mol. The highest BCUT2D eigenvalue weighted by Crippen LogP contribution is 2.28. The number of halogens is 1. The molecule has 6 nitrogen and oxygen atoms in total. The van der Waals surface area contributed by atoms with E-state index in [1.54, 1.807) is 0 Å². The number of rotatable bonds is 5. The SMILES string of the molecule is CS(=O)(=O)CCC(N)C(=O)Nc1nc2c(s1)CCCCCC2.Cl. The number of fused-ring (bicyclic) bond motifs is 1. The van der Waals surface area contributed by atoms with E-state index in [-0.39, 0.29) is 30.5 Å². The van der Waals surface area contributed by atoms with E-state index in [0.29, 0.717) is 5.13 Å². The molecule has 0 saturated carbocycles. The predicted molar refractivity (Wildman–Crippen MR) is 96.2 cm³/mol. The molecule has 3 N–H and O–H groups in total. The van der Waals surface area contributed by atoms with Crippen LogP contribution >= 0.6 is 23.7 Å². The van der Waals surface area contributed by atoms with Crippen LogP contribution in [0.1, 0.15) is 42.7 Å². The van der Waals surface area contributed by atoms with E-state index in [1.165, 1.54) is 29.1 Å². The second-order valence-electron chi connectivity index (χ2n) is 5.82. The molecule has 1 aliphatic rings. The standard InChI is InChI=1S/C14H23N3O3S2.ClH/c1-22(19,20)9-8-10(15)13(18)17-14-16-11-6-4-2-3-5-7-12(11)21-14;/h10H,2-9,15H2,1H3,(H,16,17,18);1H. The van der Waals surface area contributed by atoms with Crippen molar-refractivity contribution in [3.8, 4) is 0 Å². The first-order valence-electron chi connectivity index (χ1n) is 7.58. The van der Waals surface area contributed by atoms with E-state index in [1.807, 2.05) is 0 Å². The smallest absolute Gasteiger partial charge is 0.243 e. The van der Waals surface area contributed by atoms with Crippen LogP contribution in [0.3, 0.4) is 0 Å². The van der Waals surface area contributed by atoms with Gasteiger partial charge in [0, 0.05) is 11.1 Å². The lowest BCUT2D eigenvalue weighted by Crippen LogP contribution is -2.37. The highest BCUT2D eigenvalue weighted by atomic mass is 35.5. The van der Waals surface area contributed by atoms with Crippen LogP contribution < -0.4 is 11.1 Å². The van der Waals surface area contributed by atoms with Crippen LogP contribution in [0.4, 0.5) is 5.13 Å². The lowest BCUT2D eigenvalue weighted by Gasteiger charge is -2.09. The van der Waals surface area contributed by atoms with Crippen LogP contribution in [0.15, 0.2) is 0 Å². The molecule has 0 fully saturated rings. The molecule has 0 spiro atoms. The second kappa shape index (κ2) is 8.96. The van der Waals surface area contributed by atoms with Gasteiger partial charge in [0.2, 0.25) is 5.91 Å². The van der Waals surface area contributed by atoms with Crippen LogP contribution in [0.2, 0.25) is 0 Å². The fraction of sp³-hybridized carbons (Fsp3) is 0.714. The maximum atomic E-state index is 12.0. The summed E-state index contributed by atoms with van der Waals surface area (Å²) < 4.78 is 22.2. The number of anilines is 1. The summed E-state index contributed by atoms with van der Waals surface area (Å²) in [4.78, 5) is 17.8. The number of amides is 1. The Balaban J connectivity index is 0.00000264. The first kappa shape index (κ1) is 20.3. The van der Waals surface area contributed by atoms with Gasteiger partial charge in [0.25, 0.3) is 0 Å². The van der Waals surface area contributed by atoms with Gasteiger partial charge in [-0.05, 0) is 32.1 Å². The average molecular weight is 382 g/mol. The lowest BCUT2D eigenvalue weighted by molar-refractivity contribution is -0.117. The molecule has 1 aromatic rings. The maximum Gasteiger partial charge on any atom is 0.243 e. The third-order valence-electron chi connectivity index (χ3n) is 3.71. The van der Waals surface area contributed by atoms with Crippen LogP contribution in [0.5, 0.6) is 0 Å². The van der Waals surface area contributed by atoms with E-state index < -0.39 is 15.9 Å². The zero-order chi connectivity index (χ0) is 16.2. The van der Waals surface area contributed by atoms with Crippen LogP contribution in [0, 0.1) is 0 Å². The third-order valence-corrected chi connectivity index (χ3v) is 5.76. The second-order valence-corrected chi connectivity index (χ2v) is 9.16. The number of carbonyl (C=O) groups is 1. The summed E-state index contributed by atoms with van der Waals surface area (Å²) in [6.45, 7) is 0. The van der Waals surface area contributed by atoms with Crippen LogP contribution in [0.25, 0.3) is 0 Å². The molecule has 1 aliphatic carbocycles. The molecule has 1 unspecified atom stereocenters. The summed E-state index contributed by atoms with van der Waals surface area (Å²) in [5.41, 5.74) is 6.83. The van der Waals surface area contributed by atoms with Crippen molar-refractivity contribution in [1.29, 1.82) is 0 Å². The quantitative estimate of drug-likeness (QED) is 0.811. The van der Waals surface area contributed by atoms with Crippen LogP contribution in [-0.2, 0) is 27.5 Å². The van der Waals surface area contributed by atoms with Crippen molar-refractivity contribution in [2.45, 2.75) is 51.0 Å². The maximum absolute atomic E-state index is 12.0. The Morgan fingerprint density at radius 3 is 2.61 bits per heavy atom. The summed E-state index contributed by atoms with van der Waals surface area (Å²) in [5.74, 6) is -0.457. The molecule has 23 heavy (non-hydrogen) atoms. The van der Waals surface area contributed by atoms with Crippen molar-refractivity contribution in [3.63, 3.8) is 0 Å². The normalized spacial score (nSPS) is 16.4. The van der Waals surface area contributed by atoms with Crippen molar-refractivity contribution in [3.05, 3.63) is 10.6 Å². The van der Waals surface area contributed by atoms with Gasteiger partial charge >= 0.3 is 0 Å². The first-order chi connectivity index (χ1) is 10.3. The minimum Gasteiger partial charge on any atom is -0.320 e. The number of aryl methyl sites for hydroxylation is 2. The molecule has 0 aliphatic heterocycles. The predicted octanol–water partition coefficient (Wildman–Crippen LogP) is 1.92. The Morgan fingerprint density at radius 2 is 1.96 bits per heavy atom. The number of nitrogens with zero attached hydrogens (tertiary/aromatic N) is 1. The lowest BCUT2D eigenvalue weighted by atomic mass is 10.0. The molecule has 0 bridgehead atoms. The Morgan fingerprint density at radius 1 is 1.30 bits per heavy atom. The van der Waals surface area contributed by atoms with Crippen molar-refractivity contribution in [2.75, 3.05) is 17.3 Å². The van der Waals surface area contributed by atoms with Gasteiger partial charge in [0.05, 0.1) is 17.5 Å². The third kappa shape index (κ3) is 6.74. The van der Waals surface area contributed by atoms with Crippen molar-refractivity contribution < 1.29 is 13.2 Å². The number of hydrogen-bond donors (Lipinski definition) is 2. The molecule has 132 valence electrons. The zero-order valence-electron chi connectivity index (χ0n) is 13.2. The largest absolute Gasteiger partial charge is 0.320 e. The van der Waals surface area contributed by atoms with Gasteiger partial charge in [0.1, 0.15) is 9.84 Å². The highest BCUT2D eigenvalue weighted by Gasteiger charge is 2.19. The number of thiazole rings is 1. The minimum absolute atomic E-state index is 0. The van der Waals surface area contributed by atoms with Gasteiger partial charge in [-0.1, -0.05) is 12.8 Å². The number of aromatic nitrogens is 1. The zero-order valence-corrected chi connectivity index (χ0v) is 15.7. The number of carbonyl (C=O) groups excluding carboxylic acids is 1. The first-order valence-corrected chi connectivity index (χ1v) is 10.5. The van der Waals surface area contributed by atoms with Gasteiger partial charge in [-0.25, -0.2) is 13.4 Å². The molecule has 0 aromatic carbocycles. The number of hydrogen-bond acceptors (Lipinski definition) is 6. The summed E-state index contributed by atoms with van der Waals surface area (Å²) in [6.07, 6.45) is 8.01. The van der Waals surface area contributed by atoms with E-state index in [2.05, 4.69) is 10.3 Å². The number of nitrogens with one attached hydrogen (secondary N) is 1. The molecule has 0 saturated heterocycles. The van der Waals surface area contributed by atoms with Gasteiger partial charge < -0.3 is 11.1 Å². The van der Waals surface area contributed by atoms with E-state index in [4.69, 9.17) is 5.73 Å². The Labute approximate surface area is 147 Å². The fourth-order valence-corrected chi connectivity index (χ4v) is 4.16. The monoisotopic (exact) mass is 381 g/mol. The molecule has 1 aromatic heterocycles. The number of sulfone groups is 1. The molecule has 9 heteroatoms. The summed E-state index contributed by atoms with van der Waals surface area (Å²) >= 11 is 1.51. The molecule has 2 rings (SSSR count). The average Bonchev–Trinajstić information content (AvgIpc) is 2.76. The highest BCUT2D eigenvalue weighted by molar-refractivity contribution is 7.90. The van der Waals surface area contributed by atoms with Crippen molar-refractivity contribution >= 4 is 44.6 Å². The Kier molecular flexibility index (Phi) is 7.93. The Hall–Kier alpha value is -0.700. The van der Waals surface area contributed by atoms with E-state index >= 15 is 0 Å².